The number of carbonyl (C=O) groups excluding carboxylic acids is 1. The van der Waals surface area contributed by atoms with Crippen molar-refractivity contribution in [3.8, 4) is 17.3 Å². The van der Waals surface area contributed by atoms with Gasteiger partial charge in [-0.2, -0.15) is 5.10 Å². The highest BCUT2D eigenvalue weighted by Gasteiger charge is 2.16. The van der Waals surface area contributed by atoms with Gasteiger partial charge >= 0.3 is 0 Å². The van der Waals surface area contributed by atoms with E-state index in [9.17, 15) is 14.7 Å². The van der Waals surface area contributed by atoms with Gasteiger partial charge in [-0.05, 0) is 49.4 Å². The topological polar surface area (TPSA) is 106 Å². The predicted octanol–water partition coefficient (Wildman–Crippen LogP) is 3.25. The number of aromatic nitrogens is 2. The van der Waals surface area contributed by atoms with E-state index in [0.717, 1.165) is 0 Å². The molecule has 0 bridgehead atoms. The summed E-state index contributed by atoms with van der Waals surface area (Å²) in [6.45, 7) is 2.40. The molecule has 160 valence electrons. The minimum absolute atomic E-state index is 0.292. The standard InChI is InChI=1S/C24H20N4O4/c1-2-32-18-11-9-17(10-12-18)28-23(30)20-8-4-3-7-19(20)21(24(28)31)15-26-27-22(29)16-6-5-13-25-14-16/h3-15,31H,2H2,1H3,(H,27,29)/b26-15-. The quantitative estimate of drug-likeness (QED) is 0.362. The van der Waals surface area contributed by atoms with Crippen LogP contribution in [0.25, 0.3) is 16.5 Å². The average molecular weight is 428 g/mol. The van der Waals surface area contributed by atoms with E-state index in [4.69, 9.17) is 4.74 Å². The molecule has 0 aliphatic heterocycles. The van der Waals surface area contributed by atoms with Crippen molar-refractivity contribution < 1.29 is 14.6 Å². The van der Waals surface area contributed by atoms with Crippen LogP contribution in [0.5, 0.6) is 11.6 Å². The van der Waals surface area contributed by atoms with E-state index < -0.39 is 5.91 Å². The number of aromatic hydroxyl groups is 1. The highest BCUT2D eigenvalue weighted by atomic mass is 16.5. The molecule has 0 aliphatic carbocycles. The van der Waals surface area contributed by atoms with Gasteiger partial charge in [0.2, 0.25) is 5.88 Å². The monoisotopic (exact) mass is 428 g/mol. The van der Waals surface area contributed by atoms with Gasteiger partial charge in [-0.1, -0.05) is 18.2 Å². The summed E-state index contributed by atoms with van der Waals surface area (Å²) in [6.07, 6.45) is 4.30. The molecule has 1 amide bonds. The molecule has 2 heterocycles. The van der Waals surface area contributed by atoms with Gasteiger partial charge in [-0.15, -0.1) is 0 Å². The molecule has 0 radical (unpaired) electrons. The molecule has 4 aromatic rings. The Morgan fingerprint density at radius 1 is 1.12 bits per heavy atom. The second-order valence-corrected chi connectivity index (χ2v) is 6.79. The number of hydrogen-bond acceptors (Lipinski definition) is 6. The van der Waals surface area contributed by atoms with E-state index >= 15 is 0 Å². The highest BCUT2D eigenvalue weighted by Crippen LogP contribution is 2.26. The molecular formula is C24H20N4O4. The minimum Gasteiger partial charge on any atom is -0.494 e. The van der Waals surface area contributed by atoms with Crippen molar-refractivity contribution in [2.24, 2.45) is 5.10 Å². The van der Waals surface area contributed by atoms with E-state index in [1.54, 1.807) is 66.9 Å². The van der Waals surface area contributed by atoms with Crippen LogP contribution in [-0.2, 0) is 0 Å². The SMILES string of the molecule is CCOc1ccc(-n2c(O)c(/C=N\NC(=O)c3cccnc3)c3ccccc3c2=O)cc1. The second-order valence-electron chi connectivity index (χ2n) is 6.79. The Kier molecular flexibility index (Phi) is 5.94. The first-order valence-corrected chi connectivity index (χ1v) is 9.93. The minimum atomic E-state index is -0.446. The van der Waals surface area contributed by atoms with Crippen LogP contribution in [-0.4, -0.2) is 33.4 Å². The summed E-state index contributed by atoms with van der Waals surface area (Å²) in [6, 6.07) is 17.0. The summed E-state index contributed by atoms with van der Waals surface area (Å²) in [5, 5.41) is 15.9. The number of ether oxygens (including phenoxy) is 1. The molecule has 8 nitrogen and oxygen atoms in total. The van der Waals surface area contributed by atoms with E-state index in [1.165, 1.54) is 17.0 Å². The molecule has 0 saturated carbocycles. The number of nitrogens with one attached hydrogen (secondary N) is 1. The number of rotatable bonds is 6. The van der Waals surface area contributed by atoms with Crippen molar-refractivity contribution in [1.29, 1.82) is 0 Å². The number of hydrazone groups is 1. The molecule has 0 atom stereocenters. The molecular weight excluding hydrogens is 408 g/mol. The molecule has 0 aliphatic rings. The lowest BCUT2D eigenvalue weighted by atomic mass is 10.1. The Morgan fingerprint density at radius 3 is 2.56 bits per heavy atom. The number of hydrogen-bond donors (Lipinski definition) is 2. The normalized spacial score (nSPS) is 11.0. The lowest BCUT2D eigenvalue weighted by Crippen LogP contribution is -2.21. The van der Waals surface area contributed by atoms with Gasteiger partial charge in [0, 0.05) is 23.2 Å². The zero-order valence-electron chi connectivity index (χ0n) is 17.2. The maximum Gasteiger partial charge on any atom is 0.272 e. The molecule has 8 heteroatoms. The molecule has 0 saturated heterocycles. The fourth-order valence-corrected chi connectivity index (χ4v) is 3.30. The van der Waals surface area contributed by atoms with Crippen molar-refractivity contribution in [2.45, 2.75) is 6.92 Å². The first-order valence-electron chi connectivity index (χ1n) is 9.93. The Hall–Kier alpha value is -4.46. The largest absolute Gasteiger partial charge is 0.494 e. The van der Waals surface area contributed by atoms with Crippen molar-refractivity contribution in [3.05, 3.63) is 94.5 Å². The van der Waals surface area contributed by atoms with Gasteiger partial charge in [-0.3, -0.25) is 14.6 Å². The molecule has 4 rings (SSSR count). The Labute approximate surface area is 183 Å². The first kappa shape index (κ1) is 20.8. The van der Waals surface area contributed by atoms with Crippen LogP contribution in [0.2, 0.25) is 0 Å². The van der Waals surface area contributed by atoms with Gasteiger partial charge in [0.25, 0.3) is 11.5 Å². The van der Waals surface area contributed by atoms with Crippen molar-refractivity contribution in [3.63, 3.8) is 0 Å². The maximum absolute atomic E-state index is 13.1. The van der Waals surface area contributed by atoms with Gasteiger partial charge in [0.05, 0.1) is 29.6 Å². The Bertz CT molecular complexity index is 1350. The van der Waals surface area contributed by atoms with Gasteiger partial charge in [-0.25, -0.2) is 9.99 Å². The molecule has 0 fully saturated rings. The first-order chi connectivity index (χ1) is 15.6. The lowest BCUT2D eigenvalue weighted by molar-refractivity contribution is 0.0954. The summed E-state index contributed by atoms with van der Waals surface area (Å²) in [4.78, 5) is 29.2. The van der Waals surface area contributed by atoms with Crippen LogP contribution < -0.4 is 15.7 Å². The van der Waals surface area contributed by atoms with Crippen LogP contribution >= 0.6 is 0 Å². The summed E-state index contributed by atoms with van der Waals surface area (Å²) in [5.74, 6) is -0.0836. The number of nitrogens with zero attached hydrogens (tertiary/aromatic N) is 3. The summed E-state index contributed by atoms with van der Waals surface area (Å²) >= 11 is 0. The van der Waals surface area contributed by atoms with Crippen LogP contribution in [0, 0.1) is 0 Å². The third-order valence-electron chi connectivity index (χ3n) is 4.79. The third kappa shape index (κ3) is 4.06. The van der Waals surface area contributed by atoms with Crippen LogP contribution in [0.1, 0.15) is 22.8 Å². The predicted molar refractivity (Wildman–Crippen MR) is 122 cm³/mol. The van der Waals surface area contributed by atoms with E-state index in [-0.39, 0.29) is 11.4 Å². The van der Waals surface area contributed by atoms with Crippen molar-refractivity contribution in [2.75, 3.05) is 6.61 Å². The number of benzene rings is 2. The number of amides is 1. The lowest BCUT2D eigenvalue weighted by Gasteiger charge is -2.14. The number of pyridine rings is 2. The average Bonchev–Trinajstić information content (AvgIpc) is 2.83. The fraction of sp³-hybridized carbons (Fsp3) is 0.0833. The second kappa shape index (κ2) is 9.13. The molecule has 32 heavy (non-hydrogen) atoms. The summed E-state index contributed by atoms with van der Waals surface area (Å²) < 4.78 is 6.64. The number of fused-ring (bicyclic) bond motifs is 1. The highest BCUT2D eigenvalue weighted by molar-refractivity contribution is 6.02. The maximum atomic E-state index is 13.1. The summed E-state index contributed by atoms with van der Waals surface area (Å²) in [7, 11) is 0. The zero-order valence-corrected chi connectivity index (χ0v) is 17.2. The van der Waals surface area contributed by atoms with Gasteiger partial charge < -0.3 is 9.84 Å². The van der Waals surface area contributed by atoms with Crippen LogP contribution in [0.15, 0.2) is 83.0 Å². The molecule has 2 aromatic carbocycles. The smallest absolute Gasteiger partial charge is 0.272 e. The summed E-state index contributed by atoms with van der Waals surface area (Å²) in [5.41, 5.74) is 3.14. The Balaban J connectivity index is 1.76. The van der Waals surface area contributed by atoms with Crippen molar-refractivity contribution in [1.82, 2.24) is 15.0 Å². The van der Waals surface area contributed by atoms with E-state index in [0.29, 0.717) is 39.9 Å². The fourth-order valence-electron chi connectivity index (χ4n) is 3.30. The molecule has 2 aromatic heterocycles. The van der Waals surface area contributed by atoms with E-state index in [1.807, 2.05) is 6.92 Å². The molecule has 2 N–H and O–H groups in total. The van der Waals surface area contributed by atoms with Gasteiger partial charge in [0.15, 0.2) is 0 Å². The van der Waals surface area contributed by atoms with Crippen molar-refractivity contribution >= 4 is 22.9 Å². The van der Waals surface area contributed by atoms with Gasteiger partial charge in [0.1, 0.15) is 5.75 Å². The zero-order chi connectivity index (χ0) is 22.5. The Morgan fingerprint density at radius 2 is 1.88 bits per heavy atom. The van der Waals surface area contributed by atoms with E-state index in [2.05, 4.69) is 15.5 Å². The molecule has 0 unspecified atom stereocenters. The van der Waals surface area contributed by atoms with Crippen LogP contribution in [0.4, 0.5) is 0 Å². The molecule has 0 spiro atoms. The third-order valence-corrected chi connectivity index (χ3v) is 4.79. The number of carbonyl (C=O) groups is 1. The van der Waals surface area contributed by atoms with Crippen LogP contribution in [0.3, 0.4) is 0 Å².